The lowest BCUT2D eigenvalue weighted by Gasteiger charge is -2.15. The number of hydrogen-bond donors (Lipinski definition) is 3. The van der Waals surface area contributed by atoms with Crippen molar-refractivity contribution in [3.63, 3.8) is 0 Å². The Hall–Kier alpha value is -2.55. The van der Waals surface area contributed by atoms with Gasteiger partial charge in [-0.3, -0.25) is 4.79 Å². The van der Waals surface area contributed by atoms with Crippen LogP contribution in [0.25, 0.3) is 0 Å². The van der Waals surface area contributed by atoms with E-state index in [1.807, 2.05) is 5.32 Å². The summed E-state index contributed by atoms with van der Waals surface area (Å²) < 4.78 is 75.5. The molecule has 0 aliphatic carbocycles. The molecular formula is C15H13F6N3O2S. The molecule has 0 unspecified atom stereocenters. The quantitative estimate of drug-likeness (QED) is 0.381. The summed E-state index contributed by atoms with van der Waals surface area (Å²) in [7, 11) is 0. The average Bonchev–Trinajstić information content (AvgIpc) is 2.55. The summed E-state index contributed by atoms with van der Waals surface area (Å²) in [6, 6.07) is 0.874. The number of rotatable bonds is 6. The zero-order valence-corrected chi connectivity index (χ0v) is 14.2. The van der Waals surface area contributed by atoms with Crippen molar-refractivity contribution in [2.75, 3.05) is 24.2 Å². The number of nitrogens with one attached hydrogen (secondary N) is 3. The van der Waals surface area contributed by atoms with Crippen LogP contribution < -0.4 is 16.0 Å². The van der Waals surface area contributed by atoms with Crippen molar-refractivity contribution in [3.05, 3.63) is 23.8 Å². The molecule has 1 aromatic carbocycles. The number of urea groups is 1. The minimum Gasteiger partial charge on any atom is -0.344 e. The third-order valence-corrected chi connectivity index (χ3v) is 3.88. The Morgan fingerprint density at radius 1 is 1.11 bits per heavy atom. The van der Waals surface area contributed by atoms with Crippen molar-refractivity contribution >= 4 is 29.4 Å². The summed E-state index contributed by atoms with van der Waals surface area (Å²) in [5.74, 6) is 0.107. The summed E-state index contributed by atoms with van der Waals surface area (Å²) in [5.41, 5.74) is -1.62. The van der Waals surface area contributed by atoms with E-state index in [-0.39, 0.29) is 23.2 Å². The van der Waals surface area contributed by atoms with E-state index in [1.165, 1.54) is 0 Å². The molecular weight excluding hydrogens is 400 g/mol. The topological polar surface area (TPSA) is 70.2 Å². The first kappa shape index (κ1) is 22.5. The highest BCUT2D eigenvalue weighted by atomic mass is 32.2. The molecule has 0 saturated carbocycles. The summed E-state index contributed by atoms with van der Waals surface area (Å²) in [5, 5.41) is 6.30. The normalized spacial score (nSPS) is 11.4. The van der Waals surface area contributed by atoms with Gasteiger partial charge in [0.25, 0.3) is 0 Å². The number of halogens is 6. The van der Waals surface area contributed by atoms with Crippen LogP contribution >= 0.6 is 11.8 Å². The SMILES string of the molecule is C#CCNC(=O)CNC(=O)Nc1cc(C(F)(F)F)ccc1SCC(F)(F)F. The van der Waals surface area contributed by atoms with Crippen LogP contribution in [0.3, 0.4) is 0 Å². The lowest BCUT2D eigenvalue weighted by Crippen LogP contribution is -2.39. The Kier molecular flexibility index (Phi) is 7.83. The van der Waals surface area contributed by atoms with Gasteiger partial charge < -0.3 is 16.0 Å². The van der Waals surface area contributed by atoms with Crippen LogP contribution in [-0.4, -0.2) is 37.0 Å². The zero-order valence-electron chi connectivity index (χ0n) is 13.4. The van der Waals surface area contributed by atoms with Gasteiger partial charge in [-0.2, -0.15) is 26.3 Å². The lowest BCUT2D eigenvalue weighted by molar-refractivity contribution is -0.137. The Morgan fingerprint density at radius 2 is 1.78 bits per heavy atom. The Bertz CT molecular complexity index is 728. The first-order valence-corrected chi connectivity index (χ1v) is 8.07. The smallest absolute Gasteiger partial charge is 0.344 e. The number of terminal acetylenes is 1. The highest BCUT2D eigenvalue weighted by Gasteiger charge is 2.32. The number of hydrogen-bond acceptors (Lipinski definition) is 3. The van der Waals surface area contributed by atoms with Crippen molar-refractivity contribution in [2.45, 2.75) is 17.2 Å². The molecule has 0 aliphatic rings. The van der Waals surface area contributed by atoms with E-state index < -0.39 is 47.8 Å². The fourth-order valence-corrected chi connectivity index (χ4v) is 2.38. The molecule has 1 rings (SSSR count). The van der Waals surface area contributed by atoms with E-state index in [0.717, 1.165) is 6.07 Å². The Balaban J connectivity index is 2.89. The maximum atomic E-state index is 12.8. The fraction of sp³-hybridized carbons (Fsp3) is 0.333. The minimum atomic E-state index is -4.75. The van der Waals surface area contributed by atoms with Crippen molar-refractivity contribution < 1.29 is 35.9 Å². The highest BCUT2D eigenvalue weighted by molar-refractivity contribution is 7.99. The van der Waals surface area contributed by atoms with Gasteiger partial charge in [0.2, 0.25) is 5.91 Å². The molecule has 0 aliphatic heterocycles. The molecule has 0 aromatic heterocycles. The average molecular weight is 413 g/mol. The number of thioether (sulfide) groups is 1. The van der Waals surface area contributed by atoms with Gasteiger partial charge in [0, 0.05) is 4.90 Å². The first-order valence-electron chi connectivity index (χ1n) is 7.08. The molecule has 0 saturated heterocycles. The largest absolute Gasteiger partial charge is 0.416 e. The minimum absolute atomic E-state index is 0.0893. The molecule has 3 N–H and O–H groups in total. The van der Waals surface area contributed by atoms with Crippen molar-refractivity contribution in [1.29, 1.82) is 0 Å². The van der Waals surface area contributed by atoms with Gasteiger partial charge >= 0.3 is 18.4 Å². The van der Waals surface area contributed by atoms with E-state index in [9.17, 15) is 35.9 Å². The van der Waals surface area contributed by atoms with Gasteiger partial charge in [0.15, 0.2) is 0 Å². The highest BCUT2D eigenvalue weighted by Crippen LogP contribution is 2.37. The van der Waals surface area contributed by atoms with Gasteiger partial charge in [-0.25, -0.2) is 4.79 Å². The van der Waals surface area contributed by atoms with E-state index in [1.54, 1.807) is 0 Å². The second-order valence-electron chi connectivity index (χ2n) is 4.90. The van der Waals surface area contributed by atoms with Crippen LogP contribution in [0.15, 0.2) is 23.1 Å². The van der Waals surface area contributed by atoms with Crippen molar-refractivity contribution in [3.8, 4) is 12.3 Å². The van der Waals surface area contributed by atoms with E-state index in [0.29, 0.717) is 12.1 Å². The van der Waals surface area contributed by atoms with Crippen molar-refractivity contribution in [1.82, 2.24) is 10.6 Å². The van der Waals surface area contributed by atoms with E-state index in [2.05, 4.69) is 16.6 Å². The van der Waals surface area contributed by atoms with Crippen molar-refractivity contribution in [2.24, 2.45) is 0 Å². The van der Waals surface area contributed by atoms with Crippen LogP contribution in [0, 0.1) is 12.3 Å². The number of anilines is 1. The van der Waals surface area contributed by atoms with Crippen LogP contribution in [0.1, 0.15) is 5.56 Å². The zero-order chi connectivity index (χ0) is 20.7. The van der Waals surface area contributed by atoms with Gasteiger partial charge in [0.1, 0.15) is 0 Å². The second-order valence-corrected chi connectivity index (χ2v) is 5.92. The number of benzene rings is 1. The second kappa shape index (κ2) is 9.40. The Morgan fingerprint density at radius 3 is 2.33 bits per heavy atom. The summed E-state index contributed by atoms with van der Waals surface area (Å²) in [4.78, 5) is 22.8. The van der Waals surface area contributed by atoms with Crippen LogP contribution in [0.4, 0.5) is 36.8 Å². The molecule has 0 bridgehead atoms. The Labute approximate surface area is 154 Å². The molecule has 0 fully saturated rings. The molecule has 0 radical (unpaired) electrons. The summed E-state index contributed by atoms with van der Waals surface area (Å²) in [6.07, 6.45) is -4.39. The molecule has 0 atom stereocenters. The molecule has 1 aromatic rings. The molecule has 0 heterocycles. The molecule has 3 amide bonds. The van der Waals surface area contributed by atoms with Crippen LogP contribution in [0.5, 0.6) is 0 Å². The van der Waals surface area contributed by atoms with E-state index in [4.69, 9.17) is 6.42 Å². The van der Waals surface area contributed by atoms with Gasteiger partial charge in [-0.15, -0.1) is 18.2 Å². The van der Waals surface area contributed by atoms with Crippen LogP contribution in [-0.2, 0) is 11.0 Å². The maximum absolute atomic E-state index is 12.8. The molecule has 27 heavy (non-hydrogen) atoms. The predicted octanol–water partition coefficient (Wildman–Crippen LogP) is 3.23. The summed E-state index contributed by atoms with van der Waals surface area (Å²) >= 11 is 0.215. The summed E-state index contributed by atoms with van der Waals surface area (Å²) in [6.45, 7) is -0.620. The first-order chi connectivity index (χ1) is 12.4. The predicted molar refractivity (Wildman–Crippen MR) is 87.1 cm³/mol. The fourth-order valence-electron chi connectivity index (χ4n) is 1.63. The molecule has 5 nitrogen and oxygen atoms in total. The number of carbonyl (C=O) groups is 2. The standard InChI is InChI=1S/C15H13F6N3O2S/c1-2-5-22-12(25)7-23-13(26)24-10-6-9(15(19,20)21)3-4-11(10)27-8-14(16,17)18/h1,3-4,6H,5,7-8H2,(H,22,25)(H2,23,24,26). The number of carbonyl (C=O) groups excluding carboxylic acids is 2. The van der Waals surface area contributed by atoms with Crippen LogP contribution in [0.2, 0.25) is 0 Å². The molecule has 148 valence electrons. The molecule has 12 heteroatoms. The lowest BCUT2D eigenvalue weighted by atomic mass is 10.2. The van der Waals surface area contributed by atoms with Gasteiger partial charge in [0.05, 0.1) is 30.1 Å². The third-order valence-electron chi connectivity index (χ3n) is 2.74. The van der Waals surface area contributed by atoms with Gasteiger partial charge in [-0.1, -0.05) is 5.92 Å². The monoisotopic (exact) mass is 413 g/mol. The number of amides is 3. The molecule has 0 spiro atoms. The van der Waals surface area contributed by atoms with E-state index >= 15 is 0 Å². The van der Waals surface area contributed by atoms with Gasteiger partial charge in [-0.05, 0) is 18.2 Å². The third kappa shape index (κ3) is 8.59. The maximum Gasteiger partial charge on any atom is 0.416 e. The number of alkyl halides is 6.